The molecule has 1 aromatic heterocycles. The lowest BCUT2D eigenvalue weighted by atomic mass is 9.71. The van der Waals surface area contributed by atoms with Crippen LogP contribution in [0.2, 0.25) is 0 Å². The SMILES string of the molecule is COC[C@@H]1CCCN1C(=O)[C@H]1[C@H]2C[C@H](CN(c3ccc(C)nn3)C2)[C@@H]2CCCC(=O)N21. The van der Waals surface area contributed by atoms with Crippen molar-refractivity contribution in [3.8, 4) is 0 Å². The number of piperidine rings is 3. The highest BCUT2D eigenvalue weighted by atomic mass is 16.5. The highest BCUT2D eigenvalue weighted by Crippen LogP contribution is 2.43. The van der Waals surface area contributed by atoms with Gasteiger partial charge in [0.05, 0.1) is 18.3 Å². The summed E-state index contributed by atoms with van der Waals surface area (Å²) in [6.07, 6.45) is 5.45. The van der Waals surface area contributed by atoms with E-state index in [1.807, 2.05) is 28.9 Å². The van der Waals surface area contributed by atoms with Gasteiger partial charge in [0.2, 0.25) is 11.8 Å². The van der Waals surface area contributed by atoms with Gasteiger partial charge in [-0.15, -0.1) is 5.10 Å². The topological polar surface area (TPSA) is 78.9 Å². The van der Waals surface area contributed by atoms with Crippen LogP contribution >= 0.6 is 0 Å². The molecule has 0 saturated carbocycles. The van der Waals surface area contributed by atoms with Crippen LogP contribution in [0, 0.1) is 18.8 Å². The summed E-state index contributed by atoms with van der Waals surface area (Å²) < 4.78 is 5.39. The second-order valence-corrected chi connectivity index (χ2v) is 9.68. The molecule has 0 aliphatic carbocycles. The number of carbonyl (C=O) groups is 2. The fourth-order valence-electron chi connectivity index (χ4n) is 6.38. The van der Waals surface area contributed by atoms with E-state index in [1.165, 1.54) is 0 Å². The molecule has 5 heterocycles. The largest absolute Gasteiger partial charge is 0.383 e. The number of fused-ring (bicyclic) bond motifs is 4. The van der Waals surface area contributed by atoms with E-state index in [2.05, 4.69) is 15.1 Å². The van der Waals surface area contributed by atoms with Crippen LogP contribution in [-0.2, 0) is 14.3 Å². The van der Waals surface area contributed by atoms with Crippen LogP contribution in [0.25, 0.3) is 0 Å². The van der Waals surface area contributed by atoms with Gasteiger partial charge < -0.3 is 19.4 Å². The number of hydrogen-bond donors (Lipinski definition) is 0. The number of amides is 2. The summed E-state index contributed by atoms with van der Waals surface area (Å²) in [5, 5.41) is 8.66. The Labute approximate surface area is 183 Å². The lowest BCUT2D eigenvalue weighted by Crippen LogP contribution is -2.69. The van der Waals surface area contributed by atoms with Gasteiger partial charge in [-0.3, -0.25) is 9.59 Å². The fourth-order valence-corrected chi connectivity index (χ4v) is 6.38. The smallest absolute Gasteiger partial charge is 0.246 e. The monoisotopic (exact) mass is 427 g/mol. The molecule has 31 heavy (non-hydrogen) atoms. The number of carbonyl (C=O) groups excluding carboxylic acids is 2. The summed E-state index contributed by atoms with van der Waals surface area (Å²) in [5.74, 6) is 1.66. The molecule has 5 atom stereocenters. The highest BCUT2D eigenvalue weighted by Gasteiger charge is 2.53. The third-order valence-electron chi connectivity index (χ3n) is 7.72. The van der Waals surface area contributed by atoms with E-state index >= 15 is 0 Å². The lowest BCUT2D eigenvalue weighted by molar-refractivity contribution is -0.162. The van der Waals surface area contributed by atoms with Crippen molar-refractivity contribution in [1.82, 2.24) is 20.0 Å². The molecule has 0 radical (unpaired) electrons. The maximum Gasteiger partial charge on any atom is 0.246 e. The Morgan fingerprint density at radius 3 is 2.77 bits per heavy atom. The molecule has 0 aromatic carbocycles. The minimum Gasteiger partial charge on any atom is -0.383 e. The van der Waals surface area contributed by atoms with Crippen LogP contribution in [0.15, 0.2) is 12.1 Å². The summed E-state index contributed by atoms with van der Waals surface area (Å²) in [6, 6.07) is 3.92. The number of ether oxygens (including phenoxy) is 1. The minimum atomic E-state index is -0.368. The van der Waals surface area contributed by atoms with Crippen molar-refractivity contribution in [3.63, 3.8) is 0 Å². The summed E-state index contributed by atoms with van der Waals surface area (Å²) in [4.78, 5) is 33.3. The van der Waals surface area contributed by atoms with Crippen LogP contribution in [0.5, 0.6) is 0 Å². The quantitative estimate of drug-likeness (QED) is 0.727. The fraction of sp³-hybridized carbons (Fsp3) is 0.739. The molecule has 4 saturated heterocycles. The van der Waals surface area contributed by atoms with Crippen molar-refractivity contribution in [2.75, 3.05) is 38.3 Å². The number of anilines is 1. The predicted octanol–water partition coefficient (Wildman–Crippen LogP) is 1.63. The van der Waals surface area contributed by atoms with Gasteiger partial charge in [0, 0.05) is 45.1 Å². The molecule has 1 aromatic rings. The summed E-state index contributed by atoms with van der Waals surface area (Å²) in [5.41, 5.74) is 0.899. The molecule has 2 bridgehead atoms. The maximum atomic E-state index is 13.9. The van der Waals surface area contributed by atoms with Gasteiger partial charge >= 0.3 is 0 Å². The normalized spacial score (nSPS) is 32.9. The number of hydrogen-bond acceptors (Lipinski definition) is 6. The molecule has 4 aliphatic rings. The van der Waals surface area contributed by atoms with Crippen LogP contribution in [-0.4, -0.2) is 83.3 Å². The van der Waals surface area contributed by atoms with Crippen LogP contribution < -0.4 is 4.90 Å². The number of likely N-dealkylation sites (tertiary alicyclic amines) is 1. The first-order chi connectivity index (χ1) is 15.1. The van der Waals surface area contributed by atoms with Gasteiger partial charge in [-0.05, 0) is 57.1 Å². The van der Waals surface area contributed by atoms with Gasteiger partial charge in [-0.25, -0.2) is 0 Å². The van der Waals surface area contributed by atoms with Crippen molar-refractivity contribution in [2.24, 2.45) is 11.8 Å². The third-order valence-corrected chi connectivity index (χ3v) is 7.72. The third kappa shape index (κ3) is 3.69. The average molecular weight is 428 g/mol. The van der Waals surface area contributed by atoms with Crippen LogP contribution in [0.4, 0.5) is 5.82 Å². The van der Waals surface area contributed by atoms with E-state index in [-0.39, 0.29) is 35.9 Å². The Morgan fingerprint density at radius 2 is 2.00 bits per heavy atom. The molecule has 4 aliphatic heterocycles. The van der Waals surface area contributed by atoms with Gasteiger partial charge in [-0.1, -0.05) is 0 Å². The maximum absolute atomic E-state index is 13.9. The number of methoxy groups -OCH3 is 1. The second-order valence-electron chi connectivity index (χ2n) is 9.68. The van der Waals surface area contributed by atoms with Crippen LogP contribution in [0.3, 0.4) is 0 Å². The van der Waals surface area contributed by atoms with E-state index in [1.54, 1.807) is 7.11 Å². The molecule has 4 fully saturated rings. The van der Waals surface area contributed by atoms with Gasteiger partial charge in [0.15, 0.2) is 5.82 Å². The number of aromatic nitrogens is 2. The number of nitrogens with zero attached hydrogens (tertiary/aromatic N) is 5. The van der Waals surface area contributed by atoms with Gasteiger partial charge in [0.1, 0.15) is 6.04 Å². The van der Waals surface area contributed by atoms with Gasteiger partial charge in [0.25, 0.3) is 0 Å². The molecular weight excluding hydrogens is 394 g/mol. The first-order valence-electron chi connectivity index (χ1n) is 11.7. The van der Waals surface area contributed by atoms with E-state index in [9.17, 15) is 9.59 Å². The van der Waals surface area contributed by atoms with Crippen molar-refractivity contribution in [1.29, 1.82) is 0 Å². The van der Waals surface area contributed by atoms with E-state index in [4.69, 9.17) is 4.74 Å². The zero-order chi connectivity index (χ0) is 21.5. The van der Waals surface area contributed by atoms with Gasteiger partial charge in [-0.2, -0.15) is 5.10 Å². The van der Waals surface area contributed by atoms with Crippen LogP contribution in [0.1, 0.15) is 44.2 Å². The molecule has 0 spiro atoms. The standard InChI is InChI=1S/C23H33N5O3/c1-15-8-9-20(25-24-15)26-12-16-11-17(13-26)22(28-19(16)6-3-7-21(28)29)23(30)27-10-4-5-18(27)14-31-2/h8-9,16-19,22H,3-7,10-14H2,1-2H3/t16-,17+,18+,19+,22-/m1/s1. The summed E-state index contributed by atoms with van der Waals surface area (Å²) >= 11 is 0. The lowest BCUT2D eigenvalue weighted by Gasteiger charge is -2.56. The zero-order valence-corrected chi connectivity index (χ0v) is 18.6. The molecule has 0 unspecified atom stereocenters. The summed E-state index contributed by atoms with van der Waals surface area (Å²) in [7, 11) is 1.69. The number of aryl methyl sites for hydroxylation is 1. The first-order valence-corrected chi connectivity index (χ1v) is 11.7. The van der Waals surface area contributed by atoms with E-state index < -0.39 is 0 Å². The summed E-state index contributed by atoms with van der Waals surface area (Å²) in [6.45, 7) is 4.88. The molecular formula is C23H33N5O3. The number of rotatable bonds is 4. The Hall–Kier alpha value is -2.22. The average Bonchev–Trinajstić information content (AvgIpc) is 3.23. The molecule has 0 N–H and O–H groups in total. The Bertz CT molecular complexity index is 831. The van der Waals surface area contributed by atoms with E-state index in [0.717, 1.165) is 63.3 Å². The van der Waals surface area contributed by atoms with E-state index in [0.29, 0.717) is 18.9 Å². The minimum absolute atomic E-state index is 0.122. The highest BCUT2D eigenvalue weighted by molar-refractivity contribution is 5.89. The van der Waals surface area contributed by atoms with Crippen molar-refractivity contribution >= 4 is 17.6 Å². The molecule has 8 nitrogen and oxygen atoms in total. The predicted molar refractivity (Wildman–Crippen MR) is 115 cm³/mol. The zero-order valence-electron chi connectivity index (χ0n) is 18.6. The molecule has 8 heteroatoms. The van der Waals surface area contributed by atoms with Crippen molar-refractivity contribution in [2.45, 2.75) is 63.6 Å². The Balaban J connectivity index is 1.45. The van der Waals surface area contributed by atoms with Crippen molar-refractivity contribution in [3.05, 3.63) is 17.8 Å². The first kappa shape index (κ1) is 20.7. The second kappa shape index (κ2) is 8.37. The molecule has 168 valence electrons. The Kier molecular flexibility index (Phi) is 5.58. The Morgan fingerprint density at radius 1 is 1.16 bits per heavy atom. The molecule has 2 amide bonds. The molecule has 5 rings (SSSR count). The van der Waals surface area contributed by atoms with Crippen molar-refractivity contribution < 1.29 is 14.3 Å².